The topological polar surface area (TPSA) is 63.2 Å². The first-order chi connectivity index (χ1) is 8.27. The van der Waals surface area contributed by atoms with Gasteiger partial charge in [0.2, 0.25) is 5.91 Å². The van der Waals surface area contributed by atoms with Crippen molar-refractivity contribution >= 4 is 17.5 Å². The standard InChI is InChI=1S/C14H23NO3/c1-5-11(16)8-9-13(18)15-10-6-7-12(17)14(2,3)4/h5H,1,6-10H2,2-4H3,(H,15,18). The van der Waals surface area contributed by atoms with Crippen LogP contribution in [0.2, 0.25) is 0 Å². The van der Waals surface area contributed by atoms with Crippen LogP contribution in [0.1, 0.15) is 46.5 Å². The van der Waals surface area contributed by atoms with E-state index < -0.39 is 0 Å². The van der Waals surface area contributed by atoms with E-state index in [1.165, 1.54) is 6.08 Å². The zero-order valence-electron chi connectivity index (χ0n) is 11.5. The van der Waals surface area contributed by atoms with E-state index in [2.05, 4.69) is 11.9 Å². The third-order valence-electron chi connectivity index (χ3n) is 2.57. The van der Waals surface area contributed by atoms with Crippen LogP contribution in [0.3, 0.4) is 0 Å². The van der Waals surface area contributed by atoms with Crippen LogP contribution in [0.5, 0.6) is 0 Å². The SMILES string of the molecule is C=CC(=O)CCC(=O)NCCCC(=O)C(C)(C)C. The number of allylic oxidation sites excluding steroid dienone is 1. The van der Waals surface area contributed by atoms with Crippen molar-refractivity contribution in [3.63, 3.8) is 0 Å². The van der Waals surface area contributed by atoms with Crippen molar-refractivity contribution in [3.8, 4) is 0 Å². The summed E-state index contributed by atoms with van der Waals surface area (Å²) in [5.41, 5.74) is -0.319. The first-order valence-corrected chi connectivity index (χ1v) is 6.22. The van der Waals surface area contributed by atoms with Crippen LogP contribution < -0.4 is 5.32 Å². The maximum atomic E-state index is 11.6. The quantitative estimate of drug-likeness (QED) is 0.532. The number of carbonyl (C=O) groups is 3. The molecular formula is C14H23NO3. The van der Waals surface area contributed by atoms with E-state index in [0.717, 1.165) is 0 Å². The van der Waals surface area contributed by atoms with E-state index in [9.17, 15) is 14.4 Å². The van der Waals surface area contributed by atoms with Crippen LogP contribution in [0.4, 0.5) is 0 Å². The molecule has 0 fully saturated rings. The molecule has 0 aliphatic heterocycles. The molecule has 0 bridgehead atoms. The Kier molecular flexibility index (Phi) is 7.17. The van der Waals surface area contributed by atoms with Crippen molar-refractivity contribution in [2.75, 3.05) is 6.54 Å². The van der Waals surface area contributed by atoms with Crippen molar-refractivity contribution in [3.05, 3.63) is 12.7 Å². The highest BCUT2D eigenvalue weighted by molar-refractivity contribution is 5.92. The zero-order chi connectivity index (χ0) is 14.2. The fourth-order valence-electron chi connectivity index (χ4n) is 1.28. The average molecular weight is 253 g/mol. The van der Waals surface area contributed by atoms with Gasteiger partial charge in [-0.1, -0.05) is 27.4 Å². The molecule has 0 aromatic rings. The Morgan fingerprint density at radius 1 is 1.11 bits per heavy atom. The predicted molar refractivity (Wildman–Crippen MR) is 71.1 cm³/mol. The summed E-state index contributed by atoms with van der Waals surface area (Å²) in [4.78, 5) is 33.8. The lowest BCUT2D eigenvalue weighted by molar-refractivity contribution is -0.126. The van der Waals surface area contributed by atoms with Crippen LogP contribution in [0, 0.1) is 5.41 Å². The van der Waals surface area contributed by atoms with Crippen molar-refractivity contribution < 1.29 is 14.4 Å². The fraction of sp³-hybridized carbons (Fsp3) is 0.643. The maximum absolute atomic E-state index is 11.6. The summed E-state index contributed by atoms with van der Waals surface area (Å²) in [7, 11) is 0. The van der Waals surface area contributed by atoms with Crippen LogP contribution in [-0.4, -0.2) is 24.0 Å². The highest BCUT2D eigenvalue weighted by Crippen LogP contribution is 2.17. The van der Waals surface area contributed by atoms with Gasteiger partial charge in [0.25, 0.3) is 0 Å². The minimum atomic E-state index is -0.319. The summed E-state index contributed by atoms with van der Waals surface area (Å²) in [6.07, 6.45) is 2.69. The van der Waals surface area contributed by atoms with Crippen molar-refractivity contribution in [1.29, 1.82) is 0 Å². The van der Waals surface area contributed by atoms with Crippen molar-refractivity contribution in [2.24, 2.45) is 5.41 Å². The van der Waals surface area contributed by atoms with E-state index in [-0.39, 0.29) is 35.7 Å². The number of amides is 1. The van der Waals surface area contributed by atoms with Crippen molar-refractivity contribution in [2.45, 2.75) is 46.5 Å². The molecule has 0 unspecified atom stereocenters. The number of rotatable bonds is 8. The Bertz CT molecular complexity index is 326. The smallest absolute Gasteiger partial charge is 0.220 e. The molecule has 0 aliphatic carbocycles. The molecule has 0 atom stereocenters. The van der Waals surface area contributed by atoms with Gasteiger partial charge in [0, 0.05) is 31.2 Å². The molecule has 0 saturated carbocycles. The lowest BCUT2D eigenvalue weighted by atomic mass is 9.88. The molecule has 4 heteroatoms. The minimum absolute atomic E-state index is 0.131. The second kappa shape index (κ2) is 7.80. The largest absolute Gasteiger partial charge is 0.356 e. The van der Waals surface area contributed by atoms with Gasteiger partial charge < -0.3 is 5.32 Å². The van der Waals surface area contributed by atoms with Gasteiger partial charge in [-0.3, -0.25) is 14.4 Å². The minimum Gasteiger partial charge on any atom is -0.356 e. The van der Waals surface area contributed by atoms with Gasteiger partial charge in [0.15, 0.2) is 5.78 Å². The lowest BCUT2D eigenvalue weighted by Gasteiger charge is -2.16. The summed E-state index contributed by atoms with van der Waals surface area (Å²) in [5.74, 6) is -0.0972. The second-order valence-corrected chi connectivity index (χ2v) is 5.30. The van der Waals surface area contributed by atoms with Crippen LogP contribution >= 0.6 is 0 Å². The first-order valence-electron chi connectivity index (χ1n) is 6.22. The molecule has 0 aromatic heterocycles. The Morgan fingerprint density at radius 3 is 2.22 bits per heavy atom. The third-order valence-corrected chi connectivity index (χ3v) is 2.57. The van der Waals surface area contributed by atoms with Gasteiger partial charge in [-0.2, -0.15) is 0 Å². The molecular weight excluding hydrogens is 230 g/mol. The monoisotopic (exact) mass is 253 g/mol. The summed E-state index contributed by atoms with van der Waals surface area (Å²) >= 11 is 0. The van der Waals surface area contributed by atoms with E-state index in [4.69, 9.17) is 0 Å². The fourth-order valence-corrected chi connectivity index (χ4v) is 1.28. The Hall–Kier alpha value is -1.45. The number of ketones is 2. The summed E-state index contributed by atoms with van der Waals surface area (Å²) in [5, 5.41) is 2.69. The highest BCUT2D eigenvalue weighted by Gasteiger charge is 2.20. The van der Waals surface area contributed by atoms with Crippen LogP contribution in [0.25, 0.3) is 0 Å². The number of hydrogen-bond acceptors (Lipinski definition) is 3. The van der Waals surface area contributed by atoms with Gasteiger partial charge in [0.1, 0.15) is 5.78 Å². The highest BCUT2D eigenvalue weighted by atomic mass is 16.2. The number of Topliss-reactive ketones (excluding diaryl/α,β-unsaturated/α-hetero) is 1. The Labute approximate surface area is 109 Å². The van der Waals surface area contributed by atoms with Gasteiger partial charge >= 0.3 is 0 Å². The van der Waals surface area contributed by atoms with Gasteiger partial charge in [0.05, 0.1) is 0 Å². The summed E-state index contributed by atoms with van der Waals surface area (Å²) < 4.78 is 0. The predicted octanol–water partition coefficient (Wildman–Crippen LogP) is 2.03. The van der Waals surface area contributed by atoms with Gasteiger partial charge in [-0.05, 0) is 12.5 Å². The molecule has 18 heavy (non-hydrogen) atoms. The van der Waals surface area contributed by atoms with Gasteiger partial charge in [-0.15, -0.1) is 0 Å². The Morgan fingerprint density at radius 2 is 1.72 bits per heavy atom. The molecule has 0 spiro atoms. The van der Waals surface area contributed by atoms with Gasteiger partial charge in [-0.25, -0.2) is 0 Å². The van der Waals surface area contributed by atoms with E-state index >= 15 is 0 Å². The van der Waals surface area contributed by atoms with E-state index in [1.54, 1.807) is 0 Å². The zero-order valence-corrected chi connectivity index (χ0v) is 11.5. The van der Waals surface area contributed by atoms with E-state index in [1.807, 2.05) is 20.8 Å². The summed E-state index contributed by atoms with van der Waals surface area (Å²) in [6, 6.07) is 0. The van der Waals surface area contributed by atoms with Crippen LogP contribution in [0.15, 0.2) is 12.7 Å². The molecule has 0 saturated heterocycles. The second-order valence-electron chi connectivity index (χ2n) is 5.30. The lowest BCUT2D eigenvalue weighted by Crippen LogP contribution is -2.26. The molecule has 0 heterocycles. The molecule has 102 valence electrons. The molecule has 1 amide bonds. The molecule has 0 aliphatic rings. The molecule has 0 radical (unpaired) electrons. The normalized spacial score (nSPS) is 10.8. The summed E-state index contributed by atoms with van der Waals surface area (Å²) in [6.45, 7) is 9.46. The molecule has 0 aromatic carbocycles. The maximum Gasteiger partial charge on any atom is 0.220 e. The van der Waals surface area contributed by atoms with E-state index in [0.29, 0.717) is 19.4 Å². The van der Waals surface area contributed by atoms with Crippen molar-refractivity contribution in [1.82, 2.24) is 5.32 Å². The first kappa shape index (κ1) is 16.6. The average Bonchev–Trinajstić information content (AvgIpc) is 2.29. The molecule has 1 N–H and O–H groups in total. The number of hydrogen-bond donors (Lipinski definition) is 1. The molecule has 4 nitrogen and oxygen atoms in total. The van der Waals surface area contributed by atoms with Crippen LogP contribution in [-0.2, 0) is 14.4 Å². The molecule has 0 rings (SSSR count). The Balaban J connectivity index is 3.67. The number of nitrogens with one attached hydrogen (secondary N) is 1. The number of carbonyl (C=O) groups excluding carboxylic acids is 3. The third kappa shape index (κ3) is 7.76.